The molecule has 1 heterocycles. The first-order chi connectivity index (χ1) is 6.74. The summed E-state index contributed by atoms with van der Waals surface area (Å²) in [5, 5.41) is 10.1. The lowest BCUT2D eigenvalue weighted by molar-refractivity contribution is 0.268. The minimum atomic E-state index is -0.291. The van der Waals surface area contributed by atoms with Crippen LogP contribution in [0.3, 0.4) is 0 Å². The third-order valence-corrected chi connectivity index (χ3v) is 2.56. The van der Waals surface area contributed by atoms with E-state index in [-0.39, 0.29) is 12.6 Å². The molecule has 3 N–H and O–H groups in total. The highest BCUT2D eigenvalue weighted by atomic mass is 16.3. The third-order valence-electron chi connectivity index (χ3n) is 2.56. The molecule has 2 rings (SSSR count). The van der Waals surface area contributed by atoms with E-state index in [1.165, 1.54) is 0 Å². The van der Waals surface area contributed by atoms with Gasteiger partial charge in [0, 0.05) is 24.1 Å². The second-order valence-electron chi connectivity index (χ2n) is 3.50. The van der Waals surface area contributed by atoms with Crippen molar-refractivity contribution in [3.63, 3.8) is 0 Å². The maximum Gasteiger partial charge on any atom is 0.0624 e. The first-order valence-corrected chi connectivity index (χ1v) is 4.64. The normalized spacial score (nSPS) is 13.4. The Morgan fingerprint density at radius 3 is 2.93 bits per heavy atom. The number of aryl methyl sites for hydroxylation is 1. The first kappa shape index (κ1) is 9.24. The summed E-state index contributed by atoms with van der Waals surface area (Å²) in [6.45, 7) is -0.0198. The molecule has 0 aliphatic rings. The van der Waals surface area contributed by atoms with Crippen LogP contribution in [0.2, 0.25) is 0 Å². The number of benzene rings is 1. The summed E-state index contributed by atoms with van der Waals surface area (Å²) in [4.78, 5) is 0. The van der Waals surface area contributed by atoms with Crippen LogP contribution in [-0.2, 0) is 7.05 Å². The molecule has 3 heteroatoms. The summed E-state index contributed by atoms with van der Waals surface area (Å²) < 4.78 is 2.04. The molecule has 0 aliphatic heterocycles. The third kappa shape index (κ3) is 1.31. The average Bonchev–Trinajstić information content (AvgIpc) is 2.59. The fourth-order valence-corrected chi connectivity index (χ4v) is 1.75. The molecule has 1 aromatic heterocycles. The lowest BCUT2D eigenvalue weighted by Gasteiger charge is -2.09. The van der Waals surface area contributed by atoms with Crippen molar-refractivity contribution in [2.45, 2.75) is 6.04 Å². The average molecular weight is 190 g/mol. The van der Waals surface area contributed by atoms with Gasteiger partial charge >= 0.3 is 0 Å². The molecule has 0 aliphatic carbocycles. The second-order valence-corrected chi connectivity index (χ2v) is 3.50. The van der Waals surface area contributed by atoms with Gasteiger partial charge in [0.15, 0.2) is 0 Å². The van der Waals surface area contributed by atoms with Crippen LogP contribution in [-0.4, -0.2) is 16.3 Å². The maximum atomic E-state index is 9.02. The Kier molecular flexibility index (Phi) is 2.27. The molecule has 0 saturated heterocycles. The molecule has 2 aromatic rings. The molecule has 1 atom stereocenters. The van der Waals surface area contributed by atoms with Gasteiger partial charge in [-0.1, -0.05) is 12.1 Å². The molecule has 3 nitrogen and oxygen atoms in total. The monoisotopic (exact) mass is 190 g/mol. The minimum Gasteiger partial charge on any atom is -0.394 e. The molecule has 0 bridgehead atoms. The standard InChI is InChI=1S/C11H14N2O/c1-13-6-5-9-8(10(12)7-14)3-2-4-11(9)13/h2-6,10,14H,7,12H2,1H3/t10-/m0/s1. The van der Waals surface area contributed by atoms with E-state index in [2.05, 4.69) is 0 Å². The van der Waals surface area contributed by atoms with E-state index in [0.717, 1.165) is 16.5 Å². The zero-order valence-electron chi connectivity index (χ0n) is 8.14. The molecule has 74 valence electrons. The van der Waals surface area contributed by atoms with Gasteiger partial charge in [0.1, 0.15) is 0 Å². The van der Waals surface area contributed by atoms with E-state index < -0.39 is 0 Å². The van der Waals surface area contributed by atoms with Gasteiger partial charge in [-0.05, 0) is 17.7 Å². The largest absolute Gasteiger partial charge is 0.394 e. The van der Waals surface area contributed by atoms with Crippen molar-refractivity contribution < 1.29 is 5.11 Å². The fourth-order valence-electron chi connectivity index (χ4n) is 1.75. The molecule has 0 spiro atoms. The molecular weight excluding hydrogens is 176 g/mol. The Hall–Kier alpha value is -1.32. The second kappa shape index (κ2) is 3.44. The highest BCUT2D eigenvalue weighted by molar-refractivity contribution is 5.84. The van der Waals surface area contributed by atoms with Gasteiger partial charge in [-0.3, -0.25) is 0 Å². The van der Waals surface area contributed by atoms with Crippen LogP contribution in [0, 0.1) is 0 Å². The van der Waals surface area contributed by atoms with Crippen LogP contribution in [0.15, 0.2) is 30.5 Å². The zero-order valence-corrected chi connectivity index (χ0v) is 8.14. The molecule has 0 amide bonds. The van der Waals surface area contributed by atoms with E-state index in [4.69, 9.17) is 10.8 Å². The first-order valence-electron chi connectivity index (χ1n) is 4.64. The molecule has 0 radical (unpaired) electrons. The number of hydrogen-bond acceptors (Lipinski definition) is 2. The molecule has 0 saturated carbocycles. The van der Waals surface area contributed by atoms with Gasteiger partial charge < -0.3 is 15.4 Å². The summed E-state index contributed by atoms with van der Waals surface area (Å²) in [6.07, 6.45) is 2.00. The highest BCUT2D eigenvalue weighted by Gasteiger charge is 2.09. The van der Waals surface area contributed by atoms with E-state index in [9.17, 15) is 0 Å². The van der Waals surface area contributed by atoms with Crippen LogP contribution in [0.4, 0.5) is 0 Å². The predicted octanol–water partition coefficient (Wildman–Crippen LogP) is 1.17. The number of aliphatic hydroxyl groups excluding tert-OH is 1. The van der Waals surface area contributed by atoms with Gasteiger partial charge in [-0.25, -0.2) is 0 Å². The Balaban J connectivity index is 2.65. The van der Waals surface area contributed by atoms with Crippen LogP contribution < -0.4 is 5.73 Å². The number of fused-ring (bicyclic) bond motifs is 1. The van der Waals surface area contributed by atoms with E-state index >= 15 is 0 Å². The van der Waals surface area contributed by atoms with Gasteiger partial charge in [-0.2, -0.15) is 0 Å². The number of nitrogens with zero attached hydrogens (tertiary/aromatic N) is 1. The molecule has 14 heavy (non-hydrogen) atoms. The summed E-state index contributed by atoms with van der Waals surface area (Å²) in [7, 11) is 2.00. The molecule has 1 aromatic carbocycles. The van der Waals surface area contributed by atoms with Crippen molar-refractivity contribution in [1.29, 1.82) is 0 Å². The fraction of sp³-hybridized carbons (Fsp3) is 0.273. The van der Waals surface area contributed by atoms with E-state index in [1.807, 2.05) is 42.1 Å². The smallest absolute Gasteiger partial charge is 0.0624 e. The van der Waals surface area contributed by atoms with Gasteiger partial charge in [0.2, 0.25) is 0 Å². The SMILES string of the molecule is Cn1ccc2c([C@@H](N)CO)cccc21. The number of nitrogens with two attached hydrogens (primary N) is 1. The quantitative estimate of drug-likeness (QED) is 0.747. The minimum absolute atomic E-state index is 0.0198. The Morgan fingerprint density at radius 1 is 1.43 bits per heavy atom. The van der Waals surface area contributed by atoms with Crippen molar-refractivity contribution in [1.82, 2.24) is 4.57 Å². The highest BCUT2D eigenvalue weighted by Crippen LogP contribution is 2.23. The van der Waals surface area contributed by atoms with Crippen molar-refractivity contribution >= 4 is 10.9 Å². The summed E-state index contributed by atoms with van der Waals surface area (Å²) in [5.74, 6) is 0. The van der Waals surface area contributed by atoms with Gasteiger partial charge in [0.05, 0.1) is 12.6 Å². The van der Waals surface area contributed by atoms with Crippen LogP contribution in [0.1, 0.15) is 11.6 Å². The van der Waals surface area contributed by atoms with Crippen LogP contribution >= 0.6 is 0 Å². The van der Waals surface area contributed by atoms with Gasteiger partial charge in [0.25, 0.3) is 0 Å². The number of hydrogen-bond donors (Lipinski definition) is 2. The number of rotatable bonds is 2. The van der Waals surface area contributed by atoms with E-state index in [1.54, 1.807) is 0 Å². The van der Waals surface area contributed by atoms with Crippen molar-refractivity contribution in [3.05, 3.63) is 36.0 Å². The lowest BCUT2D eigenvalue weighted by atomic mass is 10.0. The Labute approximate surface area is 82.8 Å². The maximum absolute atomic E-state index is 9.02. The molecular formula is C11H14N2O. The zero-order chi connectivity index (χ0) is 10.1. The summed E-state index contributed by atoms with van der Waals surface area (Å²) >= 11 is 0. The van der Waals surface area contributed by atoms with Crippen molar-refractivity contribution in [2.75, 3.05) is 6.61 Å². The molecule has 0 unspecified atom stereocenters. The Morgan fingerprint density at radius 2 is 2.21 bits per heavy atom. The van der Waals surface area contributed by atoms with Crippen LogP contribution in [0.25, 0.3) is 10.9 Å². The number of aliphatic hydroxyl groups is 1. The van der Waals surface area contributed by atoms with E-state index in [0.29, 0.717) is 0 Å². The summed E-state index contributed by atoms with van der Waals surface area (Å²) in [6, 6.07) is 7.71. The summed E-state index contributed by atoms with van der Waals surface area (Å²) in [5.41, 5.74) is 7.96. The van der Waals surface area contributed by atoms with Gasteiger partial charge in [-0.15, -0.1) is 0 Å². The topological polar surface area (TPSA) is 51.2 Å². The molecule has 0 fully saturated rings. The van der Waals surface area contributed by atoms with Crippen LogP contribution in [0.5, 0.6) is 0 Å². The van der Waals surface area contributed by atoms with Crippen molar-refractivity contribution in [3.8, 4) is 0 Å². The lowest BCUT2D eigenvalue weighted by Crippen LogP contribution is -2.14. The Bertz CT molecular complexity index is 447. The number of aromatic nitrogens is 1. The van der Waals surface area contributed by atoms with Crippen molar-refractivity contribution in [2.24, 2.45) is 12.8 Å². The predicted molar refractivity (Wildman–Crippen MR) is 56.9 cm³/mol.